The maximum atomic E-state index is 13.9. The minimum atomic E-state index is -0.916. The van der Waals surface area contributed by atoms with Crippen molar-refractivity contribution in [1.29, 1.82) is 0 Å². The smallest absolute Gasteiger partial charge is 0.272 e. The fraction of sp³-hybridized carbons (Fsp3) is 0.238. The van der Waals surface area contributed by atoms with Crippen molar-refractivity contribution in [3.05, 3.63) is 77.7 Å². The highest BCUT2D eigenvalue weighted by atomic mass is 19.1. The first-order valence-electron chi connectivity index (χ1n) is 8.69. The molecule has 1 N–H and O–H groups in total. The monoisotopic (exact) mass is 350 g/mol. The lowest BCUT2D eigenvalue weighted by Crippen LogP contribution is -2.45. The normalized spacial score (nSPS) is 16.6. The SMILES string of the molecule is O=C(c1ccc2cccc(F)c2n1)N1CCC(O)(c2ccccc2)CC1. The van der Waals surface area contributed by atoms with Crippen LogP contribution in [0.1, 0.15) is 28.9 Å². The summed E-state index contributed by atoms with van der Waals surface area (Å²) in [5, 5.41) is 11.6. The summed E-state index contributed by atoms with van der Waals surface area (Å²) in [4.78, 5) is 18.7. The summed E-state index contributed by atoms with van der Waals surface area (Å²) in [5.41, 5.74) is 0.392. The summed E-state index contributed by atoms with van der Waals surface area (Å²) in [6.45, 7) is 0.864. The Bertz CT molecular complexity index is 951. The molecule has 0 bridgehead atoms. The number of nitrogens with zero attached hydrogens (tertiary/aromatic N) is 2. The molecular formula is C21H19FN2O2. The molecule has 1 aliphatic rings. The number of para-hydroxylation sites is 1. The average molecular weight is 350 g/mol. The first kappa shape index (κ1) is 16.7. The van der Waals surface area contributed by atoms with Crippen molar-refractivity contribution in [2.75, 3.05) is 13.1 Å². The van der Waals surface area contributed by atoms with Crippen LogP contribution in [0.25, 0.3) is 10.9 Å². The van der Waals surface area contributed by atoms with Crippen LogP contribution < -0.4 is 0 Å². The summed E-state index contributed by atoms with van der Waals surface area (Å²) in [6, 6.07) is 17.6. The second-order valence-corrected chi connectivity index (χ2v) is 6.70. The number of carbonyl (C=O) groups is 1. The predicted octanol–water partition coefficient (Wildman–Crippen LogP) is 3.50. The van der Waals surface area contributed by atoms with Gasteiger partial charge in [0.05, 0.1) is 5.60 Å². The van der Waals surface area contributed by atoms with E-state index >= 15 is 0 Å². The number of piperidine rings is 1. The Morgan fingerprint density at radius 1 is 1.00 bits per heavy atom. The van der Waals surface area contributed by atoms with Gasteiger partial charge in [-0.25, -0.2) is 9.37 Å². The molecule has 1 fully saturated rings. The van der Waals surface area contributed by atoms with E-state index in [0.717, 1.165) is 5.56 Å². The molecule has 0 atom stereocenters. The molecule has 132 valence electrons. The van der Waals surface area contributed by atoms with Crippen LogP contribution in [0.4, 0.5) is 4.39 Å². The third-order valence-electron chi connectivity index (χ3n) is 5.08. The molecule has 1 aromatic heterocycles. The van der Waals surface area contributed by atoms with Gasteiger partial charge >= 0.3 is 0 Å². The Morgan fingerprint density at radius 3 is 2.46 bits per heavy atom. The zero-order chi connectivity index (χ0) is 18.1. The Hall–Kier alpha value is -2.79. The quantitative estimate of drug-likeness (QED) is 0.770. The zero-order valence-corrected chi connectivity index (χ0v) is 14.2. The van der Waals surface area contributed by atoms with Gasteiger partial charge in [0.2, 0.25) is 0 Å². The van der Waals surface area contributed by atoms with Crippen LogP contribution in [0.3, 0.4) is 0 Å². The Balaban J connectivity index is 1.53. The molecule has 0 radical (unpaired) electrons. The molecule has 3 aromatic rings. The number of hydrogen-bond donors (Lipinski definition) is 1. The number of halogens is 1. The molecule has 1 aliphatic heterocycles. The van der Waals surface area contributed by atoms with Crippen molar-refractivity contribution in [3.8, 4) is 0 Å². The van der Waals surface area contributed by atoms with Crippen molar-refractivity contribution in [1.82, 2.24) is 9.88 Å². The maximum absolute atomic E-state index is 13.9. The highest BCUT2D eigenvalue weighted by Gasteiger charge is 2.35. The van der Waals surface area contributed by atoms with Crippen molar-refractivity contribution < 1.29 is 14.3 Å². The van der Waals surface area contributed by atoms with Crippen LogP contribution in [0.15, 0.2) is 60.7 Å². The molecule has 0 unspecified atom stereocenters. The average Bonchev–Trinajstić information content (AvgIpc) is 2.69. The van der Waals surface area contributed by atoms with Gasteiger partial charge in [-0.1, -0.05) is 48.5 Å². The van der Waals surface area contributed by atoms with Gasteiger partial charge in [-0.05, 0) is 30.5 Å². The van der Waals surface area contributed by atoms with E-state index in [-0.39, 0.29) is 17.1 Å². The second kappa shape index (κ2) is 6.50. The molecule has 0 saturated carbocycles. The minimum Gasteiger partial charge on any atom is -0.385 e. The summed E-state index contributed by atoms with van der Waals surface area (Å²) in [5.74, 6) is -0.667. The first-order chi connectivity index (χ1) is 12.6. The number of hydrogen-bond acceptors (Lipinski definition) is 3. The lowest BCUT2D eigenvalue weighted by atomic mass is 9.84. The summed E-state index contributed by atoms with van der Waals surface area (Å²) in [6.07, 6.45) is 0.926. The maximum Gasteiger partial charge on any atom is 0.272 e. The summed E-state index contributed by atoms with van der Waals surface area (Å²) < 4.78 is 13.9. The molecule has 5 heteroatoms. The largest absolute Gasteiger partial charge is 0.385 e. The Morgan fingerprint density at radius 2 is 1.73 bits per heavy atom. The number of benzene rings is 2. The highest BCUT2D eigenvalue weighted by Crippen LogP contribution is 2.33. The van der Waals surface area contributed by atoms with E-state index in [1.54, 1.807) is 29.2 Å². The molecule has 4 rings (SSSR count). The number of pyridine rings is 1. The fourth-order valence-electron chi connectivity index (χ4n) is 3.51. The van der Waals surface area contributed by atoms with Crippen molar-refractivity contribution >= 4 is 16.8 Å². The number of aromatic nitrogens is 1. The first-order valence-corrected chi connectivity index (χ1v) is 8.69. The van der Waals surface area contributed by atoms with Crippen molar-refractivity contribution in [2.45, 2.75) is 18.4 Å². The van der Waals surface area contributed by atoms with Crippen LogP contribution in [-0.4, -0.2) is 34.0 Å². The number of rotatable bonds is 2. The van der Waals surface area contributed by atoms with Gasteiger partial charge in [0, 0.05) is 18.5 Å². The number of carbonyl (C=O) groups excluding carboxylic acids is 1. The highest BCUT2D eigenvalue weighted by molar-refractivity contribution is 5.95. The van der Waals surface area contributed by atoms with Gasteiger partial charge < -0.3 is 10.0 Å². The van der Waals surface area contributed by atoms with Crippen LogP contribution in [0.2, 0.25) is 0 Å². The molecule has 0 spiro atoms. The van der Waals surface area contributed by atoms with E-state index in [4.69, 9.17) is 0 Å². The van der Waals surface area contributed by atoms with E-state index in [2.05, 4.69) is 4.98 Å². The summed E-state index contributed by atoms with van der Waals surface area (Å²) in [7, 11) is 0. The standard InChI is InChI=1S/C21H19FN2O2/c22-17-8-4-5-15-9-10-18(23-19(15)17)20(25)24-13-11-21(26,12-14-24)16-6-2-1-3-7-16/h1-10,26H,11-14H2. The van der Waals surface area contributed by atoms with E-state index in [9.17, 15) is 14.3 Å². The van der Waals surface area contributed by atoms with Gasteiger partial charge in [-0.3, -0.25) is 4.79 Å². The molecule has 1 saturated heterocycles. The van der Waals surface area contributed by atoms with Gasteiger partial charge in [-0.2, -0.15) is 0 Å². The van der Waals surface area contributed by atoms with Gasteiger partial charge in [-0.15, -0.1) is 0 Å². The topological polar surface area (TPSA) is 53.4 Å². The van der Waals surface area contributed by atoms with Gasteiger partial charge in [0.1, 0.15) is 17.0 Å². The lowest BCUT2D eigenvalue weighted by molar-refractivity contribution is -0.0212. The van der Waals surface area contributed by atoms with E-state index in [0.29, 0.717) is 31.3 Å². The third kappa shape index (κ3) is 2.95. The number of aliphatic hydroxyl groups is 1. The van der Waals surface area contributed by atoms with Crippen LogP contribution in [0.5, 0.6) is 0 Å². The fourth-order valence-corrected chi connectivity index (χ4v) is 3.51. The third-order valence-corrected chi connectivity index (χ3v) is 5.08. The molecule has 0 aliphatic carbocycles. The molecule has 4 nitrogen and oxygen atoms in total. The van der Waals surface area contributed by atoms with Crippen molar-refractivity contribution in [3.63, 3.8) is 0 Å². The minimum absolute atomic E-state index is 0.205. The molecule has 1 amide bonds. The molecule has 26 heavy (non-hydrogen) atoms. The van der Waals surface area contributed by atoms with E-state index in [1.807, 2.05) is 30.3 Å². The van der Waals surface area contributed by atoms with Crippen LogP contribution in [-0.2, 0) is 5.60 Å². The Labute approximate surface area is 150 Å². The molecule has 2 heterocycles. The number of fused-ring (bicyclic) bond motifs is 1. The van der Waals surface area contributed by atoms with Crippen molar-refractivity contribution in [2.24, 2.45) is 0 Å². The number of likely N-dealkylation sites (tertiary alicyclic amines) is 1. The van der Waals surface area contributed by atoms with Gasteiger partial charge in [0.25, 0.3) is 5.91 Å². The lowest BCUT2D eigenvalue weighted by Gasteiger charge is -2.38. The van der Waals surface area contributed by atoms with Gasteiger partial charge in [0.15, 0.2) is 0 Å². The van der Waals surface area contributed by atoms with Crippen LogP contribution in [0, 0.1) is 5.82 Å². The number of amides is 1. The molecule has 2 aromatic carbocycles. The van der Waals surface area contributed by atoms with E-state index in [1.165, 1.54) is 6.07 Å². The Kier molecular flexibility index (Phi) is 4.17. The molecular weight excluding hydrogens is 331 g/mol. The second-order valence-electron chi connectivity index (χ2n) is 6.70. The van der Waals surface area contributed by atoms with E-state index < -0.39 is 11.4 Å². The predicted molar refractivity (Wildman–Crippen MR) is 97.2 cm³/mol. The summed E-state index contributed by atoms with van der Waals surface area (Å²) >= 11 is 0. The van der Waals surface area contributed by atoms with Crippen LogP contribution >= 0.6 is 0 Å². The zero-order valence-electron chi connectivity index (χ0n) is 14.2.